The number of halogens is 1. The zero-order valence-corrected chi connectivity index (χ0v) is 24.2. The van der Waals surface area contributed by atoms with Crippen molar-refractivity contribution in [1.29, 1.82) is 0 Å². The van der Waals surface area contributed by atoms with Crippen molar-refractivity contribution in [2.75, 3.05) is 44.2 Å². The molecule has 0 spiro atoms. The molecule has 1 fully saturated rings. The fraction of sp³-hybridized carbons (Fsp3) is 0.333. The van der Waals surface area contributed by atoms with Gasteiger partial charge in [-0.2, -0.15) is 0 Å². The summed E-state index contributed by atoms with van der Waals surface area (Å²) in [6.45, 7) is 8.60. The molecule has 0 bridgehead atoms. The van der Waals surface area contributed by atoms with Crippen LogP contribution in [0.15, 0.2) is 83.4 Å². The third kappa shape index (κ3) is 6.67. The molecule has 2 amide bonds. The number of anilines is 1. The van der Waals surface area contributed by atoms with Crippen molar-refractivity contribution in [2.45, 2.75) is 33.4 Å². The minimum atomic E-state index is -0.371. The van der Waals surface area contributed by atoms with E-state index in [1.54, 1.807) is 11.0 Å². The lowest BCUT2D eigenvalue weighted by Gasteiger charge is -2.36. The number of hydrogen-bond acceptors (Lipinski definition) is 5. The van der Waals surface area contributed by atoms with E-state index in [9.17, 15) is 14.0 Å². The normalized spacial score (nSPS) is 13.3. The minimum absolute atomic E-state index is 0.120. The van der Waals surface area contributed by atoms with Crippen LogP contribution in [0.4, 0.5) is 10.1 Å². The average molecular weight is 573 g/mol. The third-order valence-electron chi connectivity index (χ3n) is 7.42. The molecule has 1 saturated heterocycles. The van der Waals surface area contributed by atoms with Crippen LogP contribution < -0.4 is 9.64 Å². The molecular formula is C33H37FN4O4. The second-order valence-corrected chi connectivity index (χ2v) is 10.3. The van der Waals surface area contributed by atoms with Gasteiger partial charge in [-0.1, -0.05) is 19.1 Å². The van der Waals surface area contributed by atoms with E-state index in [1.165, 1.54) is 24.3 Å². The molecule has 0 atom stereocenters. The molecular weight excluding hydrogens is 535 g/mol. The number of rotatable bonds is 11. The number of piperazine rings is 1. The van der Waals surface area contributed by atoms with Crippen LogP contribution >= 0.6 is 0 Å². The van der Waals surface area contributed by atoms with Gasteiger partial charge in [0.25, 0.3) is 11.8 Å². The topological polar surface area (TPSA) is 71.2 Å². The Bertz CT molecular complexity index is 1490. The van der Waals surface area contributed by atoms with E-state index in [1.807, 2.05) is 65.9 Å². The van der Waals surface area contributed by atoms with Gasteiger partial charge in [-0.3, -0.25) is 9.59 Å². The highest BCUT2D eigenvalue weighted by Gasteiger charge is 2.26. The van der Waals surface area contributed by atoms with Crippen molar-refractivity contribution < 1.29 is 23.1 Å². The van der Waals surface area contributed by atoms with Crippen molar-refractivity contribution in [1.82, 2.24) is 14.4 Å². The summed E-state index contributed by atoms with van der Waals surface area (Å²) < 4.78 is 27.2. The van der Waals surface area contributed by atoms with Crippen LogP contribution in [0.2, 0.25) is 0 Å². The number of furan rings is 1. The number of amides is 2. The van der Waals surface area contributed by atoms with Gasteiger partial charge in [-0.15, -0.1) is 0 Å². The molecule has 42 heavy (non-hydrogen) atoms. The van der Waals surface area contributed by atoms with Gasteiger partial charge >= 0.3 is 0 Å². The number of nitrogens with zero attached hydrogens (tertiary/aromatic N) is 4. The number of benzene rings is 2. The van der Waals surface area contributed by atoms with Gasteiger partial charge in [0.2, 0.25) is 0 Å². The summed E-state index contributed by atoms with van der Waals surface area (Å²) in [7, 11) is 0. The molecule has 0 radical (unpaired) electrons. The molecule has 4 aromatic rings. The van der Waals surface area contributed by atoms with Crippen LogP contribution in [-0.4, -0.2) is 65.5 Å². The van der Waals surface area contributed by atoms with Crippen LogP contribution in [0, 0.1) is 5.82 Å². The fourth-order valence-electron chi connectivity index (χ4n) is 5.29. The number of aromatic nitrogens is 1. The molecule has 9 heteroatoms. The second-order valence-electron chi connectivity index (χ2n) is 10.3. The van der Waals surface area contributed by atoms with Gasteiger partial charge in [0.1, 0.15) is 17.3 Å². The molecule has 1 aliphatic rings. The van der Waals surface area contributed by atoms with Crippen LogP contribution in [0.1, 0.15) is 52.6 Å². The molecule has 2 aromatic heterocycles. The van der Waals surface area contributed by atoms with E-state index in [0.717, 1.165) is 23.6 Å². The van der Waals surface area contributed by atoms with E-state index < -0.39 is 0 Å². The molecule has 1 aliphatic heterocycles. The first-order valence-electron chi connectivity index (χ1n) is 14.5. The third-order valence-corrected chi connectivity index (χ3v) is 7.42. The first-order valence-corrected chi connectivity index (χ1v) is 14.5. The molecule has 0 unspecified atom stereocenters. The lowest BCUT2D eigenvalue weighted by Crippen LogP contribution is -2.48. The lowest BCUT2D eigenvalue weighted by atomic mass is 10.2. The van der Waals surface area contributed by atoms with E-state index in [-0.39, 0.29) is 17.6 Å². The van der Waals surface area contributed by atoms with Crippen LogP contribution in [0.3, 0.4) is 0 Å². The van der Waals surface area contributed by atoms with Crippen molar-refractivity contribution in [3.63, 3.8) is 0 Å². The average Bonchev–Trinajstić information content (AvgIpc) is 3.67. The Balaban J connectivity index is 1.20. The molecule has 220 valence electrons. The highest BCUT2D eigenvalue weighted by Crippen LogP contribution is 2.29. The summed E-state index contributed by atoms with van der Waals surface area (Å²) in [6.07, 6.45) is 2.73. The van der Waals surface area contributed by atoms with Gasteiger partial charge < -0.3 is 28.4 Å². The first-order chi connectivity index (χ1) is 20.5. The number of ether oxygens (including phenoxy) is 1. The maximum Gasteiger partial charge on any atom is 0.289 e. The van der Waals surface area contributed by atoms with Crippen molar-refractivity contribution in [3.8, 4) is 5.75 Å². The van der Waals surface area contributed by atoms with Gasteiger partial charge in [-0.25, -0.2) is 4.39 Å². The smallest absolute Gasteiger partial charge is 0.289 e. The van der Waals surface area contributed by atoms with E-state index >= 15 is 0 Å². The first kappa shape index (κ1) is 29.0. The quantitative estimate of drug-likeness (QED) is 0.231. The second kappa shape index (κ2) is 13.4. The summed E-state index contributed by atoms with van der Waals surface area (Å²) in [4.78, 5) is 32.2. The molecule has 5 rings (SSSR count). The van der Waals surface area contributed by atoms with Gasteiger partial charge in [0.05, 0.1) is 25.4 Å². The maximum atomic E-state index is 13.4. The Morgan fingerprint density at radius 1 is 0.929 bits per heavy atom. The molecule has 0 aliphatic carbocycles. The van der Waals surface area contributed by atoms with Gasteiger partial charge in [0.15, 0.2) is 5.76 Å². The van der Waals surface area contributed by atoms with Crippen LogP contribution in [0.25, 0.3) is 0 Å². The monoisotopic (exact) mass is 572 g/mol. The SMILES string of the molecule is CCCN(Cc1cccn1Cc1ccc(C(=O)N2CCN(c3ccccc3OCC)CC2)o1)C(=O)c1ccc(F)cc1. The van der Waals surface area contributed by atoms with E-state index in [0.29, 0.717) is 69.5 Å². The molecule has 0 N–H and O–H groups in total. The predicted octanol–water partition coefficient (Wildman–Crippen LogP) is 5.68. The van der Waals surface area contributed by atoms with Gasteiger partial charge in [0, 0.05) is 50.2 Å². The zero-order valence-electron chi connectivity index (χ0n) is 24.2. The Labute approximate surface area is 245 Å². The minimum Gasteiger partial charge on any atom is -0.492 e. The number of carbonyl (C=O) groups is 2. The number of hydrogen-bond donors (Lipinski definition) is 0. The fourth-order valence-corrected chi connectivity index (χ4v) is 5.29. The number of carbonyl (C=O) groups excluding carboxylic acids is 2. The van der Waals surface area contributed by atoms with Crippen LogP contribution in [0.5, 0.6) is 5.75 Å². The summed E-state index contributed by atoms with van der Waals surface area (Å²) in [5, 5.41) is 0. The zero-order chi connectivity index (χ0) is 29.5. The van der Waals surface area contributed by atoms with Crippen molar-refractivity contribution >= 4 is 17.5 Å². The van der Waals surface area contributed by atoms with Crippen molar-refractivity contribution in [3.05, 3.63) is 108 Å². The standard InChI is InChI=1S/C33H37FN4O4/c1-3-17-38(32(39)25-11-13-26(34)14-12-25)23-27-8-7-18-37(27)24-28-15-16-31(42-28)33(40)36-21-19-35(20-22-36)29-9-5-6-10-30(29)41-4-2/h5-16,18H,3-4,17,19-24H2,1-2H3. The lowest BCUT2D eigenvalue weighted by molar-refractivity contribution is 0.0709. The Morgan fingerprint density at radius 3 is 2.43 bits per heavy atom. The highest BCUT2D eigenvalue weighted by molar-refractivity contribution is 5.94. The summed E-state index contributed by atoms with van der Waals surface area (Å²) >= 11 is 0. The predicted molar refractivity (Wildman–Crippen MR) is 159 cm³/mol. The molecule has 0 saturated carbocycles. The Morgan fingerprint density at radius 2 is 1.69 bits per heavy atom. The van der Waals surface area contributed by atoms with E-state index in [4.69, 9.17) is 9.15 Å². The van der Waals surface area contributed by atoms with Crippen molar-refractivity contribution in [2.24, 2.45) is 0 Å². The highest BCUT2D eigenvalue weighted by atomic mass is 19.1. The van der Waals surface area contributed by atoms with Gasteiger partial charge in [-0.05, 0) is 74.0 Å². The summed E-state index contributed by atoms with van der Waals surface area (Å²) in [5.41, 5.74) is 2.44. The van der Waals surface area contributed by atoms with E-state index in [2.05, 4.69) is 11.0 Å². The largest absolute Gasteiger partial charge is 0.492 e. The molecule has 3 heterocycles. The molecule has 8 nitrogen and oxygen atoms in total. The number of para-hydroxylation sites is 2. The maximum absolute atomic E-state index is 13.4. The summed E-state index contributed by atoms with van der Waals surface area (Å²) in [6, 6.07) is 21.1. The van der Waals surface area contributed by atoms with Crippen LogP contribution in [-0.2, 0) is 13.1 Å². The summed E-state index contributed by atoms with van der Waals surface area (Å²) in [5.74, 6) is 1.21. The Hall–Kier alpha value is -4.53. The molecule has 2 aromatic carbocycles. The Kier molecular flexibility index (Phi) is 9.26.